The highest BCUT2D eigenvalue weighted by Crippen LogP contribution is 2.32. The van der Waals surface area contributed by atoms with Crippen LogP contribution in [0.5, 0.6) is 0 Å². The third-order valence-electron chi connectivity index (χ3n) is 6.02. The van der Waals surface area contributed by atoms with Gasteiger partial charge in [-0.15, -0.1) is 0 Å². The number of hydrogen-bond donors (Lipinski definition) is 0. The van der Waals surface area contributed by atoms with Crippen LogP contribution < -0.4 is 0 Å². The molecule has 6 nitrogen and oxygen atoms in total. The lowest BCUT2D eigenvalue weighted by atomic mass is 9.99. The first-order valence-electron chi connectivity index (χ1n) is 10.9. The smallest absolute Gasteiger partial charge is 0.257 e. The molecular formula is C26H18F3N5O. The first-order chi connectivity index (χ1) is 16.9. The Morgan fingerprint density at radius 1 is 1.09 bits per heavy atom. The minimum absolute atomic E-state index is 0.0688. The molecule has 0 N–H and O–H groups in total. The van der Waals surface area contributed by atoms with Gasteiger partial charge in [-0.1, -0.05) is 18.2 Å². The fraction of sp³-hybridized carbons (Fsp3) is 0.154. The molecular weight excluding hydrogens is 455 g/mol. The second-order valence-corrected chi connectivity index (χ2v) is 8.19. The predicted octanol–water partition coefficient (Wildman–Crippen LogP) is 4.48. The molecule has 0 saturated carbocycles. The van der Waals surface area contributed by atoms with E-state index in [0.29, 0.717) is 29.8 Å². The van der Waals surface area contributed by atoms with E-state index in [4.69, 9.17) is 5.10 Å². The highest BCUT2D eigenvalue weighted by atomic mass is 19.1. The number of pyridine rings is 1. The van der Waals surface area contributed by atoms with Crippen LogP contribution in [0.4, 0.5) is 13.2 Å². The molecule has 0 aliphatic carbocycles. The van der Waals surface area contributed by atoms with Gasteiger partial charge in [0.15, 0.2) is 5.82 Å². The molecule has 5 rings (SSSR count). The van der Waals surface area contributed by atoms with E-state index in [9.17, 15) is 23.2 Å². The van der Waals surface area contributed by atoms with Gasteiger partial charge < -0.3 is 4.90 Å². The fourth-order valence-corrected chi connectivity index (χ4v) is 4.29. The highest BCUT2D eigenvalue weighted by Gasteiger charge is 2.30. The van der Waals surface area contributed by atoms with Crippen molar-refractivity contribution >= 4 is 5.91 Å². The molecule has 0 fully saturated rings. The Hall–Kier alpha value is -4.45. The molecule has 1 amide bonds. The van der Waals surface area contributed by atoms with Gasteiger partial charge in [-0.25, -0.2) is 13.2 Å². The lowest BCUT2D eigenvalue weighted by molar-refractivity contribution is 0.0728. The molecule has 0 saturated heterocycles. The van der Waals surface area contributed by atoms with Crippen molar-refractivity contribution in [2.24, 2.45) is 0 Å². The van der Waals surface area contributed by atoms with Gasteiger partial charge in [0, 0.05) is 54.2 Å². The first-order valence-corrected chi connectivity index (χ1v) is 10.9. The van der Waals surface area contributed by atoms with Gasteiger partial charge in [0.25, 0.3) is 5.91 Å². The normalized spacial score (nSPS) is 12.8. The largest absolute Gasteiger partial charge is 0.334 e. The molecule has 1 aliphatic rings. The summed E-state index contributed by atoms with van der Waals surface area (Å²) in [6.45, 7) is 0.538. The monoisotopic (exact) mass is 473 g/mol. The molecule has 4 aromatic rings. The Bertz CT molecular complexity index is 1490. The maximum Gasteiger partial charge on any atom is 0.257 e. The number of carbonyl (C=O) groups excluding carboxylic acids is 1. The van der Waals surface area contributed by atoms with Gasteiger partial charge in [0.05, 0.1) is 35.6 Å². The summed E-state index contributed by atoms with van der Waals surface area (Å²) in [6.07, 6.45) is 2.76. The summed E-state index contributed by atoms with van der Waals surface area (Å²) in [5.41, 5.74) is 3.39. The molecule has 2 aromatic carbocycles. The summed E-state index contributed by atoms with van der Waals surface area (Å²) in [6, 6.07) is 13.7. The molecule has 2 aromatic heterocycles. The molecule has 9 heteroatoms. The topological polar surface area (TPSA) is 74.8 Å². The first kappa shape index (κ1) is 22.3. The molecule has 1 aliphatic heterocycles. The lowest BCUT2D eigenvalue weighted by Crippen LogP contribution is -2.37. The average Bonchev–Trinajstić information content (AvgIpc) is 3.23. The van der Waals surface area contributed by atoms with Crippen LogP contribution in [0.1, 0.15) is 32.7 Å². The van der Waals surface area contributed by atoms with Crippen LogP contribution >= 0.6 is 0 Å². The minimum Gasteiger partial charge on any atom is -0.334 e. The summed E-state index contributed by atoms with van der Waals surface area (Å²) in [5, 5.41) is 14.0. The van der Waals surface area contributed by atoms with E-state index in [0.717, 1.165) is 23.5 Å². The van der Waals surface area contributed by atoms with Crippen LogP contribution in [-0.4, -0.2) is 32.1 Å². The molecule has 0 radical (unpaired) electrons. The van der Waals surface area contributed by atoms with E-state index < -0.39 is 23.4 Å². The van der Waals surface area contributed by atoms with Crippen molar-refractivity contribution in [3.63, 3.8) is 0 Å². The Kier molecular flexibility index (Phi) is 5.79. The number of benzene rings is 2. The molecule has 0 bridgehead atoms. The summed E-state index contributed by atoms with van der Waals surface area (Å²) in [7, 11) is 0. The molecule has 0 atom stereocenters. The number of aromatic nitrogens is 3. The Morgan fingerprint density at radius 2 is 1.94 bits per heavy atom. The number of amides is 1. The number of nitriles is 1. The third kappa shape index (κ3) is 4.26. The van der Waals surface area contributed by atoms with E-state index in [1.807, 2.05) is 0 Å². The van der Waals surface area contributed by atoms with Crippen LogP contribution in [0.25, 0.3) is 11.3 Å². The van der Waals surface area contributed by atoms with Crippen molar-refractivity contribution < 1.29 is 18.0 Å². The van der Waals surface area contributed by atoms with E-state index >= 15 is 0 Å². The summed E-state index contributed by atoms with van der Waals surface area (Å²) in [5.74, 6) is -2.51. The average molecular weight is 473 g/mol. The standard InChI is InChI=1S/C26H18F3N5O/c27-19-5-4-18(22(28)11-19)14-34-24-7-9-33(26(35)20-6-8-31-13-23(20)29)15-21(24)25(32-34)17-3-1-2-16(10-17)12-30/h1-6,8,10-11,13H,7,9,14-15H2. The number of fused-ring (bicyclic) bond motifs is 1. The van der Waals surface area contributed by atoms with Crippen LogP contribution in [0.3, 0.4) is 0 Å². The number of hydrogen-bond acceptors (Lipinski definition) is 4. The van der Waals surface area contributed by atoms with Gasteiger partial charge in [-0.3, -0.25) is 14.5 Å². The molecule has 0 spiro atoms. The van der Waals surface area contributed by atoms with Crippen LogP contribution in [0.2, 0.25) is 0 Å². The van der Waals surface area contributed by atoms with E-state index in [2.05, 4.69) is 11.1 Å². The van der Waals surface area contributed by atoms with Crippen LogP contribution in [0.15, 0.2) is 60.9 Å². The molecule has 35 heavy (non-hydrogen) atoms. The highest BCUT2D eigenvalue weighted by molar-refractivity contribution is 5.94. The fourth-order valence-electron chi connectivity index (χ4n) is 4.29. The zero-order chi connectivity index (χ0) is 24.5. The van der Waals surface area contributed by atoms with Crippen LogP contribution in [-0.2, 0) is 19.5 Å². The summed E-state index contributed by atoms with van der Waals surface area (Å²) < 4.78 is 43.6. The van der Waals surface area contributed by atoms with Gasteiger partial charge in [0.2, 0.25) is 0 Å². The van der Waals surface area contributed by atoms with Crippen LogP contribution in [0, 0.1) is 28.8 Å². The second-order valence-electron chi connectivity index (χ2n) is 8.19. The van der Waals surface area contributed by atoms with Crippen molar-refractivity contribution in [2.75, 3.05) is 6.54 Å². The van der Waals surface area contributed by atoms with E-state index in [1.165, 1.54) is 29.3 Å². The van der Waals surface area contributed by atoms with Crippen molar-refractivity contribution in [1.29, 1.82) is 5.26 Å². The second kappa shape index (κ2) is 9.06. The maximum absolute atomic E-state index is 14.4. The van der Waals surface area contributed by atoms with Crippen molar-refractivity contribution in [3.05, 3.63) is 106 Å². The van der Waals surface area contributed by atoms with E-state index in [1.54, 1.807) is 28.9 Å². The zero-order valence-corrected chi connectivity index (χ0v) is 18.4. The lowest BCUT2D eigenvalue weighted by Gasteiger charge is -2.28. The van der Waals surface area contributed by atoms with Crippen molar-refractivity contribution in [1.82, 2.24) is 19.7 Å². The zero-order valence-electron chi connectivity index (χ0n) is 18.4. The number of rotatable bonds is 4. The number of nitrogens with zero attached hydrogens (tertiary/aromatic N) is 5. The van der Waals surface area contributed by atoms with Gasteiger partial charge in [-0.05, 0) is 24.3 Å². The quantitative estimate of drug-likeness (QED) is 0.438. The Morgan fingerprint density at radius 3 is 2.71 bits per heavy atom. The Balaban J connectivity index is 1.56. The summed E-state index contributed by atoms with van der Waals surface area (Å²) >= 11 is 0. The third-order valence-corrected chi connectivity index (χ3v) is 6.02. The van der Waals surface area contributed by atoms with Crippen molar-refractivity contribution in [3.8, 4) is 17.3 Å². The Labute approximate surface area is 198 Å². The molecule has 3 heterocycles. The molecule has 174 valence electrons. The SMILES string of the molecule is N#Cc1cccc(-c2nn(Cc3ccc(F)cc3F)c3c2CN(C(=O)c2ccncc2F)CC3)c1. The number of carbonyl (C=O) groups is 1. The minimum atomic E-state index is -0.701. The van der Waals surface area contributed by atoms with Gasteiger partial charge in [0.1, 0.15) is 11.6 Å². The number of halogens is 3. The summed E-state index contributed by atoms with van der Waals surface area (Å²) in [4.78, 5) is 18.3. The predicted molar refractivity (Wildman–Crippen MR) is 120 cm³/mol. The molecule has 0 unspecified atom stereocenters. The van der Waals surface area contributed by atoms with Crippen molar-refractivity contribution in [2.45, 2.75) is 19.5 Å². The van der Waals surface area contributed by atoms with E-state index in [-0.39, 0.29) is 24.2 Å². The maximum atomic E-state index is 14.4. The van der Waals surface area contributed by atoms with Gasteiger partial charge in [-0.2, -0.15) is 10.4 Å². The van der Waals surface area contributed by atoms with Gasteiger partial charge >= 0.3 is 0 Å².